The summed E-state index contributed by atoms with van der Waals surface area (Å²) in [6.45, 7) is 2.91. The number of hydrogen-bond acceptors (Lipinski definition) is 2. The minimum Gasteiger partial charge on any atom is -0.486 e. The van der Waals surface area contributed by atoms with Crippen LogP contribution in [-0.2, 0) is 0 Å². The van der Waals surface area contributed by atoms with Crippen LogP contribution in [0.1, 0.15) is 6.92 Å². The number of nitrogens with one attached hydrogen (secondary N) is 1. The van der Waals surface area contributed by atoms with Crippen LogP contribution in [0.4, 0.5) is 4.39 Å². The van der Waals surface area contributed by atoms with E-state index in [0.29, 0.717) is 13.1 Å². The molecule has 1 aromatic carbocycles. The summed E-state index contributed by atoms with van der Waals surface area (Å²) < 4.78 is 19.5. The van der Waals surface area contributed by atoms with Gasteiger partial charge >= 0.3 is 0 Å². The van der Waals surface area contributed by atoms with Crippen LogP contribution < -0.4 is 10.1 Å². The first-order chi connectivity index (χ1) is 7.63. The van der Waals surface area contributed by atoms with Crippen LogP contribution in [0.5, 0.6) is 5.75 Å². The molecule has 1 aromatic rings. The highest BCUT2D eigenvalue weighted by Gasteiger charge is 2.08. The Labute approximate surface area is 103 Å². The first kappa shape index (κ1) is 13.0. The predicted octanol–water partition coefficient (Wildman–Crippen LogP) is 2.58. The van der Waals surface area contributed by atoms with Crippen LogP contribution in [0.2, 0.25) is 0 Å². The molecule has 2 nitrogen and oxygen atoms in total. The highest BCUT2D eigenvalue weighted by atomic mass is 79.9. The average Bonchev–Trinajstić information content (AvgIpc) is 2.24. The standard InChI is InChI=1S/C12H13BrFNO/c1-3-6-15-8-9(2)16-12-7-10(13)4-5-11(12)14/h1,4-5,7,9,15H,6,8H2,2H3. The molecule has 0 saturated carbocycles. The molecule has 0 amide bonds. The summed E-state index contributed by atoms with van der Waals surface area (Å²) in [5.74, 6) is 2.33. The first-order valence-corrected chi connectivity index (χ1v) is 5.68. The van der Waals surface area contributed by atoms with E-state index in [4.69, 9.17) is 11.2 Å². The van der Waals surface area contributed by atoms with E-state index in [9.17, 15) is 4.39 Å². The lowest BCUT2D eigenvalue weighted by Crippen LogP contribution is -2.29. The topological polar surface area (TPSA) is 21.3 Å². The molecule has 86 valence electrons. The second-order valence-electron chi connectivity index (χ2n) is 3.34. The van der Waals surface area contributed by atoms with Gasteiger partial charge in [-0.25, -0.2) is 4.39 Å². The van der Waals surface area contributed by atoms with Crippen LogP contribution in [0.3, 0.4) is 0 Å². The van der Waals surface area contributed by atoms with E-state index < -0.39 is 0 Å². The van der Waals surface area contributed by atoms with Gasteiger partial charge in [0, 0.05) is 11.0 Å². The molecule has 1 rings (SSSR count). The van der Waals surface area contributed by atoms with Crippen molar-refractivity contribution in [2.75, 3.05) is 13.1 Å². The number of terminal acetylenes is 1. The minimum absolute atomic E-state index is 0.142. The number of hydrogen-bond donors (Lipinski definition) is 1. The fraction of sp³-hybridized carbons (Fsp3) is 0.333. The van der Waals surface area contributed by atoms with E-state index in [1.54, 1.807) is 12.1 Å². The quantitative estimate of drug-likeness (QED) is 0.663. The predicted molar refractivity (Wildman–Crippen MR) is 65.9 cm³/mol. The molecule has 0 spiro atoms. The summed E-state index contributed by atoms with van der Waals surface area (Å²) in [5, 5.41) is 2.99. The van der Waals surface area contributed by atoms with Gasteiger partial charge in [-0.15, -0.1) is 6.42 Å². The normalized spacial score (nSPS) is 11.9. The second-order valence-corrected chi connectivity index (χ2v) is 4.25. The molecule has 4 heteroatoms. The van der Waals surface area contributed by atoms with E-state index in [1.165, 1.54) is 6.07 Å². The van der Waals surface area contributed by atoms with Gasteiger partial charge in [-0.05, 0) is 25.1 Å². The van der Waals surface area contributed by atoms with Crippen molar-refractivity contribution >= 4 is 15.9 Å². The summed E-state index contributed by atoms with van der Waals surface area (Å²) in [6.07, 6.45) is 4.95. The molecule has 0 saturated heterocycles. The molecule has 0 aliphatic carbocycles. The molecular weight excluding hydrogens is 273 g/mol. The molecule has 0 aliphatic rings. The third-order valence-corrected chi connectivity index (χ3v) is 2.37. The second kappa shape index (κ2) is 6.51. The van der Waals surface area contributed by atoms with E-state index >= 15 is 0 Å². The Kier molecular flexibility index (Phi) is 5.30. The maximum absolute atomic E-state index is 13.3. The van der Waals surface area contributed by atoms with Crippen LogP contribution in [0.25, 0.3) is 0 Å². The van der Waals surface area contributed by atoms with Crippen molar-refractivity contribution in [3.63, 3.8) is 0 Å². The molecule has 1 atom stereocenters. The zero-order chi connectivity index (χ0) is 12.0. The Balaban J connectivity index is 2.52. The van der Waals surface area contributed by atoms with E-state index in [-0.39, 0.29) is 17.7 Å². The molecule has 1 N–H and O–H groups in total. The van der Waals surface area contributed by atoms with Gasteiger partial charge in [0.1, 0.15) is 6.10 Å². The third-order valence-electron chi connectivity index (χ3n) is 1.88. The summed E-state index contributed by atoms with van der Waals surface area (Å²) in [6, 6.07) is 4.59. The zero-order valence-corrected chi connectivity index (χ0v) is 10.6. The van der Waals surface area contributed by atoms with E-state index in [0.717, 1.165) is 4.47 Å². The SMILES string of the molecule is C#CCNCC(C)Oc1cc(Br)ccc1F. The fourth-order valence-electron chi connectivity index (χ4n) is 1.17. The van der Waals surface area contributed by atoms with Crippen molar-refractivity contribution in [1.82, 2.24) is 5.32 Å². The van der Waals surface area contributed by atoms with Crippen LogP contribution >= 0.6 is 15.9 Å². The molecule has 0 radical (unpaired) electrons. The van der Waals surface area contributed by atoms with Gasteiger partial charge in [0.15, 0.2) is 11.6 Å². The van der Waals surface area contributed by atoms with Crippen molar-refractivity contribution in [3.8, 4) is 18.1 Å². The highest BCUT2D eigenvalue weighted by molar-refractivity contribution is 9.10. The molecule has 0 aliphatic heterocycles. The van der Waals surface area contributed by atoms with Gasteiger partial charge in [0.2, 0.25) is 0 Å². The van der Waals surface area contributed by atoms with Gasteiger partial charge < -0.3 is 10.1 Å². The van der Waals surface area contributed by atoms with Crippen LogP contribution in [0.15, 0.2) is 22.7 Å². The average molecular weight is 286 g/mol. The third kappa shape index (κ3) is 4.21. The van der Waals surface area contributed by atoms with Crippen molar-refractivity contribution in [3.05, 3.63) is 28.5 Å². The maximum Gasteiger partial charge on any atom is 0.165 e. The van der Waals surface area contributed by atoms with Gasteiger partial charge in [-0.1, -0.05) is 21.9 Å². The Bertz CT molecular complexity index is 389. The highest BCUT2D eigenvalue weighted by Crippen LogP contribution is 2.22. The van der Waals surface area contributed by atoms with Crippen molar-refractivity contribution in [2.45, 2.75) is 13.0 Å². The molecule has 0 fully saturated rings. The lowest BCUT2D eigenvalue weighted by atomic mass is 10.3. The van der Waals surface area contributed by atoms with Gasteiger partial charge in [-0.3, -0.25) is 0 Å². The lowest BCUT2D eigenvalue weighted by Gasteiger charge is -2.15. The van der Waals surface area contributed by atoms with Crippen LogP contribution in [0, 0.1) is 18.2 Å². The summed E-state index contributed by atoms with van der Waals surface area (Å²) >= 11 is 3.26. The Morgan fingerprint density at radius 3 is 3.06 bits per heavy atom. The molecule has 0 heterocycles. The Morgan fingerprint density at radius 2 is 2.38 bits per heavy atom. The molecule has 0 bridgehead atoms. The monoisotopic (exact) mass is 285 g/mol. The van der Waals surface area contributed by atoms with E-state index in [1.807, 2.05) is 6.92 Å². The smallest absolute Gasteiger partial charge is 0.165 e. The number of benzene rings is 1. The first-order valence-electron chi connectivity index (χ1n) is 4.89. The number of halogens is 2. The fourth-order valence-corrected chi connectivity index (χ4v) is 1.51. The van der Waals surface area contributed by atoms with E-state index in [2.05, 4.69) is 27.2 Å². The van der Waals surface area contributed by atoms with Crippen molar-refractivity contribution in [2.24, 2.45) is 0 Å². The van der Waals surface area contributed by atoms with Crippen LogP contribution in [-0.4, -0.2) is 19.2 Å². The van der Waals surface area contributed by atoms with Gasteiger partial charge in [0.25, 0.3) is 0 Å². The van der Waals surface area contributed by atoms with Gasteiger partial charge in [0.05, 0.1) is 6.54 Å². The maximum atomic E-state index is 13.3. The zero-order valence-electron chi connectivity index (χ0n) is 8.97. The van der Waals surface area contributed by atoms with Crippen molar-refractivity contribution < 1.29 is 9.13 Å². The summed E-state index contributed by atoms with van der Waals surface area (Å²) in [5.41, 5.74) is 0. The summed E-state index contributed by atoms with van der Waals surface area (Å²) in [7, 11) is 0. The molecular formula is C12H13BrFNO. The summed E-state index contributed by atoms with van der Waals surface area (Å²) in [4.78, 5) is 0. The number of ether oxygens (including phenoxy) is 1. The number of rotatable bonds is 5. The molecule has 16 heavy (non-hydrogen) atoms. The van der Waals surface area contributed by atoms with Gasteiger partial charge in [-0.2, -0.15) is 0 Å². The largest absolute Gasteiger partial charge is 0.486 e. The van der Waals surface area contributed by atoms with Crippen molar-refractivity contribution in [1.29, 1.82) is 0 Å². The minimum atomic E-state index is -0.369. The lowest BCUT2D eigenvalue weighted by molar-refractivity contribution is 0.209. The Morgan fingerprint density at radius 1 is 1.62 bits per heavy atom. The molecule has 1 unspecified atom stereocenters. The Hall–Kier alpha value is -1.05. The molecule has 0 aromatic heterocycles.